The zero-order valence-corrected chi connectivity index (χ0v) is 12.7. The summed E-state index contributed by atoms with van der Waals surface area (Å²) in [5.41, 5.74) is 6.80. The van der Waals surface area contributed by atoms with Crippen LogP contribution in [0.3, 0.4) is 0 Å². The molecule has 0 aliphatic heterocycles. The molecule has 0 radical (unpaired) electrons. The summed E-state index contributed by atoms with van der Waals surface area (Å²) in [5.74, 6) is 0.782. The molecule has 1 unspecified atom stereocenters. The Morgan fingerprint density at radius 2 is 1.95 bits per heavy atom. The van der Waals surface area contributed by atoms with Crippen LogP contribution in [0.2, 0.25) is 0 Å². The third-order valence-electron chi connectivity index (χ3n) is 2.97. The summed E-state index contributed by atoms with van der Waals surface area (Å²) in [4.78, 5) is 11.9. The maximum atomic E-state index is 11.9. The fraction of sp³-hybridized carbons (Fsp3) is 0.500. The number of halogens is 1. The molecule has 2 atom stereocenters. The maximum Gasteiger partial charge on any atom is 0.237 e. The first kappa shape index (κ1) is 17.7. The highest BCUT2D eigenvalue weighted by atomic mass is 35.5. The summed E-state index contributed by atoms with van der Waals surface area (Å²) in [6.07, 6.45) is 0. The van der Waals surface area contributed by atoms with Crippen LogP contribution in [0, 0.1) is 5.92 Å². The second kappa shape index (κ2) is 8.02. The van der Waals surface area contributed by atoms with Crippen LogP contribution in [0.15, 0.2) is 24.3 Å². The van der Waals surface area contributed by atoms with Crippen LogP contribution in [0.4, 0.5) is 0 Å². The van der Waals surface area contributed by atoms with Crippen molar-refractivity contribution in [1.82, 2.24) is 5.32 Å². The number of methoxy groups -OCH3 is 1. The summed E-state index contributed by atoms with van der Waals surface area (Å²) in [6.45, 7) is 5.79. The number of hydrogen-bond donors (Lipinski definition) is 2. The van der Waals surface area contributed by atoms with Gasteiger partial charge >= 0.3 is 0 Å². The number of rotatable bonds is 5. The largest absolute Gasteiger partial charge is 0.497 e. The van der Waals surface area contributed by atoms with E-state index in [0.717, 1.165) is 11.3 Å². The Balaban J connectivity index is 0.00000324. The van der Waals surface area contributed by atoms with Gasteiger partial charge in [0.05, 0.1) is 19.2 Å². The quantitative estimate of drug-likeness (QED) is 0.873. The van der Waals surface area contributed by atoms with Crippen molar-refractivity contribution in [3.63, 3.8) is 0 Å². The predicted octanol–water partition coefficient (Wildman–Crippen LogP) is 2.28. The van der Waals surface area contributed by atoms with E-state index in [4.69, 9.17) is 10.5 Å². The third-order valence-corrected chi connectivity index (χ3v) is 2.97. The van der Waals surface area contributed by atoms with Crippen LogP contribution >= 0.6 is 12.4 Å². The van der Waals surface area contributed by atoms with Crippen molar-refractivity contribution in [2.24, 2.45) is 11.7 Å². The van der Waals surface area contributed by atoms with Crippen molar-refractivity contribution in [2.75, 3.05) is 7.11 Å². The number of carbonyl (C=O) groups is 1. The van der Waals surface area contributed by atoms with Crippen molar-refractivity contribution >= 4 is 18.3 Å². The summed E-state index contributed by atoms with van der Waals surface area (Å²) < 4.78 is 5.16. The fourth-order valence-corrected chi connectivity index (χ4v) is 1.61. The molecule has 5 heteroatoms. The Morgan fingerprint density at radius 1 is 1.32 bits per heavy atom. The van der Waals surface area contributed by atoms with E-state index in [2.05, 4.69) is 5.32 Å². The van der Waals surface area contributed by atoms with E-state index in [9.17, 15) is 4.79 Å². The predicted molar refractivity (Wildman–Crippen MR) is 79.6 cm³/mol. The molecule has 0 aliphatic rings. The number of nitrogens with two attached hydrogens (primary N) is 1. The molecule has 0 saturated heterocycles. The fourth-order valence-electron chi connectivity index (χ4n) is 1.61. The molecular formula is C14H23ClN2O2. The Labute approximate surface area is 121 Å². The van der Waals surface area contributed by atoms with Crippen LogP contribution in [-0.2, 0) is 4.79 Å². The zero-order valence-electron chi connectivity index (χ0n) is 11.8. The highest BCUT2D eigenvalue weighted by molar-refractivity contribution is 5.85. The van der Waals surface area contributed by atoms with Gasteiger partial charge in [-0.15, -0.1) is 12.4 Å². The van der Waals surface area contributed by atoms with Gasteiger partial charge in [-0.25, -0.2) is 0 Å². The molecule has 0 saturated carbocycles. The van der Waals surface area contributed by atoms with Gasteiger partial charge in [-0.05, 0) is 30.5 Å². The highest BCUT2D eigenvalue weighted by Crippen LogP contribution is 2.18. The van der Waals surface area contributed by atoms with Crippen molar-refractivity contribution in [3.8, 4) is 5.75 Å². The molecule has 0 spiro atoms. The van der Waals surface area contributed by atoms with E-state index in [1.807, 2.05) is 45.0 Å². The first-order valence-electron chi connectivity index (χ1n) is 6.15. The third kappa shape index (κ3) is 5.09. The lowest BCUT2D eigenvalue weighted by Crippen LogP contribution is -2.44. The van der Waals surface area contributed by atoms with Gasteiger partial charge in [-0.1, -0.05) is 26.0 Å². The maximum absolute atomic E-state index is 11.9. The highest BCUT2D eigenvalue weighted by Gasteiger charge is 2.19. The number of nitrogens with one attached hydrogen (secondary N) is 1. The Morgan fingerprint density at radius 3 is 2.47 bits per heavy atom. The number of hydrogen-bond acceptors (Lipinski definition) is 3. The minimum Gasteiger partial charge on any atom is -0.497 e. The average molecular weight is 287 g/mol. The van der Waals surface area contributed by atoms with Gasteiger partial charge in [-0.2, -0.15) is 0 Å². The van der Waals surface area contributed by atoms with Crippen molar-refractivity contribution in [1.29, 1.82) is 0 Å². The van der Waals surface area contributed by atoms with E-state index < -0.39 is 6.04 Å². The molecule has 1 rings (SSSR count). The lowest BCUT2D eigenvalue weighted by Gasteiger charge is -2.20. The van der Waals surface area contributed by atoms with E-state index >= 15 is 0 Å². The van der Waals surface area contributed by atoms with Gasteiger partial charge in [-0.3, -0.25) is 4.79 Å². The number of amides is 1. The average Bonchev–Trinajstić information content (AvgIpc) is 2.37. The standard InChI is InChI=1S/C14H22N2O2.ClH/c1-9(2)13(15)14(17)16-10(3)11-6-5-7-12(8-11)18-4;/h5-10,13H,15H2,1-4H3,(H,16,17);1H/t10?,13-;/m0./s1. The van der Waals surface area contributed by atoms with Crippen LogP contribution in [-0.4, -0.2) is 19.1 Å². The molecule has 0 heterocycles. The summed E-state index contributed by atoms with van der Waals surface area (Å²) >= 11 is 0. The van der Waals surface area contributed by atoms with Crippen LogP contribution in [0.5, 0.6) is 5.75 Å². The van der Waals surface area contributed by atoms with Gasteiger partial charge in [0.25, 0.3) is 0 Å². The molecule has 0 aromatic heterocycles. The van der Waals surface area contributed by atoms with Crippen molar-refractivity contribution in [2.45, 2.75) is 32.9 Å². The molecule has 0 fully saturated rings. The molecule has 0 bridgehead atoms. The molecule has 108 valence electrons. The van der Waals surface area contributed by atoms with Gasteiger partial charge < -0.3 is 15.8 Å². The molecular weight excluding hydrogens is 264 g/mol. The molecule has 3 N–H and O–H groups in total. The Hall–Kier alpha value is -1.26. The van der Waals surface area contributed by atoms with Crippen LogP contribution < -0.4 is 15.8 Å². The second-order valence-corrected chi connectivity index (χ2v) is 4.78. The Kier molecular flexibility index (Phi) is 7.49. The SMILES string of the molecule is COc1cccc(C(C)NC(=O)[C@@H](N)C(C)C)c1.Cl. The topological polar surface area (TPSA) is 64.3 Å². The van der Waals surface area contributed by atoms with E-state index in [1.54, 1.807) is 7.11 Å². The van der Waals surface area contributed by atoms with E-state index in [1.165, 1.54) is 0 Å². The smallest absolute Gasteiger partial charge is 0.237 e. The zero-order chi connectivity index (χ0) is 13.7. The van der Waals surface area contributed by atoms with E-state index in [-0.39, 0.29) is 30.3 Å². The second-order valence-electron chi connectivity index (χ2n) is 4.78. The molecule has 1 aromatic rings. The van der Waals surface area contributed by atoms with E-state index in [0.29, 0.717) is 0 Å². The first-order valence-corrected chi connectivity index (χ1v) is 6.15. The van der Waals surface area contributed by atoms with Crippen molar-refractivity contribution in [3.05, 3.63) is 29.8 Å². The molecule has 4 nitrogen and oxygen atoms in total. The van der Waals surface area contributed by atoms with Crippen LogP contribution in [0.25, 0.3) is 0 Å². The number of benzene rings is 1. The monoisotopic (exact) mass is 286 g/mol. The normalized spacial score (nSPS) is 13.4. The molecule has 19 heavy (non-hydrogen) atoms. The summed E-state index contributed by atoms with van der Waals surface area (Å²) in [6, 6.07) is 7.08. The van der Waals surface area contributed by atoms with Gasteiger partial charge in [0.2, 0.25) is 5.91 Å². The van der Waals surface area contributed by atoms with Gasteiger partial charge in [0.1, 0.15) is 5.75 Å². The number of carbonyl (C=O) groups excluding carboxylic acids is 1. The van der Waals surface area contributed by atoms with Gasteiger partial charge in [0.15, 0.2) is 0 Å². The van der Waals surface area contributed by atoms with Gasteiger partial charge in [0, 0.05) is 0 Å². The minimum absolute atomic E-state index is 0. The van der Waals surface area contributed by atoms with Crippen LogP contribution in [0.1, 0.15) is 32.4 Å². The lowest BCUT2D eigenvalue weighted by molar-refractivity contribution is -0.123. The first-order chi connectivity index (χ1) is 8.45. The molecule has 1 aromatic carbocycles. The molecule has 1 amide bonds. The molecule has 0 aliphatic carbocycles. The Bertz CT molecular complexity index is 410. The van der Waals surface area contributed by atoms with Crippen molar-refractivity contribution < 1.29 is 9.53 Å². The summed E-state index contributed by atoms with van der Waals surface area (Å²) in [5, 5.41) is 2.91. The lowest BCUT2D eigenvalue weighted by atomic mass is 10.0. The minimum atomic E-state index is -0.474. The number of ether oxygens (including phenoxy) is 1. The summed E-state index contributed by atoms with van der Waals surface area (Å²) in [7, 11) is 1.62.